The van der Waals surface area contributed by atoms with Crippen LogP contribution in [0.2, 0.25) is 0 Å². The molecule has 4 nitrogen and oxygen atoms in total. The van der Waals surface area contributed by atoms with Gasteiger partial charge in [0.25, 0.3) is 0 Å². The van der Waals surface area contributed by atoms with Gasteiger partial charge in [-0.25, -0.2) is 0 Å². The quantitative estimate of drug-likeness (QED) is 0.911. The fraction of sp³-hybridized carbons (Fsp3) is 0.571. The molecule has 3 rings (SSSR count). The van der Waals surface area contributed by atoms with Crippen LogP contribution in [-0.2, 0) is 6.18 Å². The third kappa shape index (κ3) is 2.44. The highest BCUT2D eigenvalue weighted by molar-refractivity contribution is 5.54. The summed E-state index contributed by atoms with van der Waals surface area (Å²) >= 11 is 0. The van der Waals surface area contributed by atoms with Gasteiger partial charge in [-0.2, -0.15) is 13.2 Å². The van der Waals surface area contributed by atoms with Crippen LogP contribution < -0.4 is 15.2 Å². The number of nitrogens with zero attached hydrogens (tertiary/aromatic N) is 1. The Bertz CT molecular complexity index is 548. The molecular weight excluding hydrogens is 285 g/mol. The SMILES string of the molecule is CN1CC(CN)CC1c1c(C(F)(F)F)ccc2c1OCO2. The maximum Gasteiger partial charge on any atom is 0.416 e. The van der Waals surface area contributed by atoms with E-state index in [2.05, 4.69) is 0 Å². The maximum absolute atomic E-state index is 13.3. The number of likely N-dealkylation sites (tertiary alicyclic amines) is 1. The molecule has 0 aromatic heterocycles. The van der Waals surface area contributed by atoms with Gasteiger partial charge in [-0.3, -0.25) is 4.90 Å². The van der Waals surface area contributed by atoms with E-state index in [1.54, 1.807) is 0 Å². The minimum Gasteiger partial charge on any atom is -0.454 e. The van der Waals surface area contributed by atoms with Crippen LogP contribution in [0.1, 0.15) is 23.6 Å². The van der Waals surface area contributed by atoms with E-state index in [9.17, 15) is 13.2 Å². The van der Waals surface area contributed by atoms with Crippen molar-refractivity contribution >= 4 is 0 Å². The van der Waals surface area contributed by atoms with Gasteiger partial charge in [-0.05, 0) is 38.1 Å². The average molecular weight is 302 g/mol. The molecule has 2 atom stereocenters. The molecule has 2 unspecified atom stereocenters. The standard InChI is InChI=1S/C14H17F3N2O2/c1-19-6-8(5-18)4-10(19)12-9(14(15,16)17)2-3-11-13(12)21-7-20-11/h2-3,8,10H,4-7,18H2,1H3. The second kappa shape index (κ2) is 5.06. The minimum absolute atomic E-state index is 0.0413. The summed E-state index contributed by atoms with van der Waals surface area (Å²) in [6, 6.07) is 2.04. The molecule has 7 heteroatoms. The Morgan fingerprint density at radius 2 is 2.10 bits per heavy atom. The van der Waals surface area contributed by atoms with E-state index in [0.29, 0.717) is 25.3 Å². The van der Waals surface area contributed by atoms with Gasteiger partial charge in [-0.15, -0.1) is 0 Å². The number of halogens is 3. The summed E-state index contributed by atoms with van der Waals surface area (Å²) in [6.45, 7) is 1.11. The summed E-state index contributed by atoms with van der Waals surface area (Å²) in [5, 5.41) is 0. The molecule has 2 aliphatic rings. The summed E-state index contributed by atoms with van der Waals surface area (Å²) in [5.41, 5.74) is 5.19. The Labute approximate surface area is 120 Å². The Balaban J connectivity index is 2.10. The highest BCUT2D eigenvalue weighted by Gasteiger charge is 2.42. The zero-order valence-corrected chi connectivity index (χ0v) is 11.6. The van der Waals surface area contributed by atoms with Gasteiger partial charge in [0.1, 0.15) is 0 Å². The second-order valence-corrected chi connectivity index (χ2v) is 5.55. The summed E-state index contributed by atoms with van der Waals surface area (Å²) in [7, 11) is 1.82. The summed E-state index contributed by atoms with van der Waals surface area (Å²) in [5.74, 6) is 0.793. The van der Waals surface area contributed by atoms with E-state index >= 15 is 0 Å². The molecule has 21 heavy (non-hydrogen) atoms. The van der Waals surface area contributed by atoms with Crippen molar-refractivity contribution in [3.63, 3.8) is 0 Å². The third-order valence-corrected chi connectivity index (χ3v) is 4.18. The highest BCUT2D eigenvalue weighted by Crippen LogP contribution is 2.49. The Kier molecular flexibility index (Phi) is 3.49. The highest BCUT2D eigenvalue weighted by atomic mass is 19.4. The van der Waals surface area contributed by atoms with Crippen molar-refractivity contribution in [1.29, 1.82) is 0 Å². The van der Waals surface area contributed by atoms with Gasteiger partial charge < -0.3 is 15.2 Å². The van der Waals surface area contributed by atoms with Crippen LogP contribution in [0.4, 0.5) is 13.2 Å². The Hall–Kier alpha value is -1.47. The summed E-state index contributed by atoms with van der Waals surface area (Å²) < 4.78 is 50.5. The summed E-state index contributed by atoms with van der Waals surface area (Å²) in [6.07, 6.45) is -3.83. The van der Waals surface area contributed by atoms with Gasteiger partial charge in [-0.1, -0.05) is 0 Å². The fourth-order valence-corrected chi connectivity index (χ4v) is 3.19. The first-order valence-corrected chi connectivity index (χ1v) is 6.81. The maximum atomic E-state index is 13.3. The molecule has 0 radical (unpaired) electrons. The van der Waals surface area contributed by atoms with Crippen LogP contribution in [-0.4, -0.2) is 31.8 Å². The normalized spacial score (nSPS) is 25.6. The van der Waals surface area contributed by atoms with Crippen LogP contribution in [0.15, 0.2) is 12.1 Å². The van der Waals surface area contributed by atoms with Crippen molar-refractivity contribution < 1.29 is 22.6 Å². The molecule has 2 heterocycles. The number of ether oxygens (including phenoxy) is 2. The smallest absolute Gasteiger partial charge is 0.416 e. The van der Waals surface area contributed by atoms with Crippen LogP contribution in [0.25, 0.3) is 0 Å². The second-order valence-electron chi connectivity index (χ2n) is 5.55. The third-order valence-electron chi connectivity index (χ3n) is 4.18. The van der Waals surface area contributed by atoms with Crippen molar-refractivity contribution in [2.75, 3.05) is 26.9 Å². The first kappa shape index (κ1) is 14.5. The number of rotatable bonds is 2. The van der Waals surface area contributed by atoms with E-state index in [4.69, 9.17) is 15.2 Å². The lowest BCUT2D eigenvalue weighted by Gasteiger charge is -2.24. The number of alkyl halides is 3. The van der Waals surface area contributed by atoms with E-state index < -0.39 is 11.7 Å². The van der Waals surface area contributed by atoms with Crippen molar-refractivity contribution in [1.82, 2.24) is 4.90 Å². The van der Waals surface area contributed by atoms with E-state index in [1.807, 2.05) is 11.9 Å². The molecule has 1 fully saturated rings. The fourth-order valence-electron chi connectivity index (χ4n) is 3.19. The summed E-state index contributed by atoms with van der Waals surface area (Å²) in [4.78, 5) is 1.91. The van der Waals surface area contributed by atoms with Gasteiger partial charge in [0, 0.05) is 18.2 Å². The molecule has 2 N–H and O–H groups in total. The predicted molar refractivity (Wildman–Crippen MR) is 70.1 cm³/mol. The minimum atomic E-state index is -4.42. The van der Waals surface area contributed by atoms with E-state index in [1.165, 1.54) is 6.07 Å². The van der Waals surface area contributed by atoms with E-state index in [0.717, 1.165) is 6.07 Å². The van der Waals surface area contributed by atoms with E-state index in [-0.39, 0.29) is 30.1 Å². The van der Waals surface area contributed by atoms with Crippen LogP contribution in [0.5, 0.6) is 11.5 Å². The average Bonchev–Trinajstić information content (AvgIpc) is 3.02. The molecule has 0 saturated carbocycles. The van der Waals surface area contributed by atoms with Gasteiger partial charge in [0.05, 0.1) is 5.56 Å². The first-order chi connectivity index (χ1) is 9.91. The molecule has 1 saturated heterocycles. The van der Waals surface area contributed by atoms with Crippen molar-refractivity contribution in [2.24, 2.45) is 11.7 Å². The lowest BCUT2D eigenvalue weighted by molar-refractivity contribution is -0.138. The van der Waals surface area contributed by atoms with Gasteiger partial charge in [0.15, 0.2) is 11.5 Å². The molecule has 2 aliphatic heterocycles. The van der Waals surface area contributed by atoms with Crippen molar-refractivity contribution in [3.05, 3.63) is 23.3 Å². The first-order valence-electron chi connectivity index (χ1n) is 6.81. The van der Waals surface area contributed by atoms with Crippen LogP contribution >= 0.6 is 0 Å². The lowest BCUT2D eigenvalue weighted by atomic mass is 9.94. The number of fused-ring (bicyclic) bond motifs is 1. The number of hydrogen-bond acceptors (Lipinski definition) is 4. The molecule has 0 spiro atoms. The zero-order valence-electron chi connectivity index (χ0n) is 11.6. The topological polar surface area (TPSA) is 47.7 Å². The molecule has 0 amide bonds. The number of benzene rings is 1. The largest absolute Gasteiger partial charge is 0.454 e. The van der Waals surface area contributed by atoms with Gasteiger partial charge >= 0.3 is 6.18 Å². The van der Waals surface area contributed by atoms with Crippen LogP contribution in [0.3, 0.4) is 0 Å². The van der Waals surface area contributed by atoms with Crippen molar-refractivity contribution in [2.45, 2.75) is 18.6 Å². The monoisotopic (exact) mass is 302 g/mol. The number of nitrogens with two attached hydrogens (primary N) is 1. The molecule has 116 valence electrons. The lowest BCUT2D eigenvalue weighted by Crippen LogP contribution is -2.22. The number of hydrogen-bond donors (Lipinski definition) is 1. The van der Waals surface area contributed by atoms with Gasteiger partial charge in [0.2, 0.25) is 6.79 Å². The zero-order chi connectivity index (χ0) is 15.2. The predicted octanol–water partition coefficient (Wildman–Crippen LogP) is 2.39. The Morgan fingerprint density at radius 3 is 2.71 bits per heavy atom. The molecular formula is C14H17F3N2O2. The molecule has 1 aromatic rings. The molecule has 0 bridgehead atoms. The molecule has 0 aliphatic carbocycles. The van der Waals surface area contributed by atoms with Crippen molar-refractivity contribution in [3.8, 4) is 11.5 Å². The van der Waals surface area contributed by atoms with Crippen LogP contribution in [0, 0.1) is 5.92 Å². The Morgan fingerprint density at radius 1 is 1.33 bits per heavy atom. The molecule has 1 aromatic carbocycles.